The lowest BCUT2D eigenvalue weighted by Gasteiger charge is -2.07. The fourth-order valence-electron chi connectivity index (χ4n) is 2.60. The molecule has 0 aromatic heterocycles. The number of benzene rings is 2. The highest BCUT2D eigenvalue weighted by molar-refractivity contribution is 5.65. The van der Waals surface area contributed by atoms with Gasteiger partial charge < -0.3 is 4.79 Å². The molecule has 0 atom stereocenters. The Labute approximate surface area is 132 Å². The molecule has 0 radical (unpaired) electrons. The molecule has 0 aliphatic heterocycles. The molecule has 0 aliphatic rings. The summed E-state index contributed by atoms with van der Waals surface area (Å²) in [6, 6.07) is 13.4. The van der Waals surface area contributed by atoms with Crippen LogP contribution in [0.15, 0.2) is 42.5 Å². The first-order valence-corrected chi connectivity index (χ1v) is 8.06. The maximum Gasteiger partial charge on any atom is 0.131 e. The molecule has 2 heteroatoms. The van der Waals surface area contributed by atoms with E-state index in [0.717, 1.165) is 23.8 Å². The maximum atomic E-state index is 14.2. The lowest BCUT2D eigenvalue weighted by Crippen LogP contribution is -1.91. The number of carbonyl (C=O) groups excluding carboxylic acids is 1. The Morgan fingerprint density at radius 1 is 0.955 bits per heavy atom. The highest BCUT2D eigenvalue weighted by atomic mass is 19.1. The number of carbonyl (C=O) groups is 1. The highest BCUT2D eigenvalue weighted by Crippen LogP contribution is 2.25. The SMILES string of the molecule is CCCCCc1ccc(-c2ccc(CCC=O)cc2F)cc1. The molecule has 0 heterocycles. The van der Waals surface area contributed by atoms with Crippen LogP contribution in [0.4, 0.5) is 4.39 Å². The summed E-state index contributed by atoms with van der Waals surface area (Å²) in [6.45, 7) is 2.20. The van der Waals surface area contributed by atoms with Crippen molar-refractivity contribution in [3.05, 3.63) is 59.4 Å². The number of unbranched alkanes of at least 4 members (excludes halogenated alkanes) is 2. The van der Waals surface area contributed by atoms with Crippen LogP contribution in [-0.2, 0) is 17.6 Å². The second-order valence-electron chi connectivity index (χ2n) is 5.67. The van der Waals surface area contributed by atoms with E-state index in [-0.39, 0.29) is 5.82 Å². The minimum atomic E-state index is -0.220. The van der Waals surface area contributed by atoms with Gasteiger partial charge in [-0.1, -0.05) is 56.2 Å². The number of aryl methyl sites for hydroxylation is 2. The van der Waals surface area contributed by atoms with Crippen molar-refractivity contribution in [3.8, 4) is 11.1 Å². The zero-order valence-electron chi connectivity index (χ0n) is 13.1. The molecule has 0 amide bonds. The van der Waals surface area contributed by atoms with Gasteiger partial charge in [-0.2, -0.15) is 0 Å². The summed E-state index contributed by atoms with van der Waals surface area (Å²) in [5.74, 6) is -0.220. The predicted octanol–water partition coefficient (Wildman–Crippen LogP) is 5.36. The van der Waals surface area contributed by atoms with E-state index in [1.807, 2.05) is 24.3 Å². The Hall–Kier alpha value is -1.96. The highest BCUT2D eigenvalue weighted by Gasteiger charge is 2.06. The van der Waals surface area contributed by atoms with Crippen LogP contribution in [0.25, 0.3) is 11.1 Å². The van der Waals surface area contributed by atoms with Crippen molar-refractivity contribution in [1.82, 2.24) is 0 Å². The molecule has 0 N–H and O–H groups in total. The first-order chi connectivity index (χ1) is 10.7. The number of rotatable bonds is 8. The Morgan fingerprint density at radius 3 is 2.32 bits per heavy atom. The van der Waals surface area contributed by atoms with Crippen LogP contribution in [0, 0.1) is 5.82 Å². The van der Waals surface area contributed by atoms with Crippen LogP contribution in [0.2, 0.25) is 0 Å². The molecule has 0 aliphatic carbocycles. The molecule has 0 saturated carbocycles. The average molecular weight is 298 g/mol. The first kappa shape index (κ1) is 16.4. The summed E-state index contributed by atoms with van der Waals surface area (Å²) >= 11 is 0. The van der Waals surface area contributed by atoms with Crippen molar-refractivity contribution in [2.45, 2.75) is 45.4 Å². The van der Waals surface area contributed by atoms with Gasteiger partial charge in [0.25, 0.3) is 0 Å². The maximum absolute atomic E-state index is 14.2. The topological polar surface area (TPSA) is 17.1 Å². The third kappa shape index (κ3) is 4.52. The lowest BCUT2D eigenvalue weighted by molar-refractivity contribution is -0.107. The van der Waals surface area contributed by atoms with Crippen molar-refractivity contribution in [1.29, 1.82) is 0 Å². The third-order valence-corrected chi connectivity index (χ3v) is 3.92. The summed E-state index contributed by atoms with van der Waals surface area (Å²) in [5, 5.41) is 0. The molecule has 2 rings (SSSR count). The first-order valence-electron chi connectivity index (χ1n) is 8.06. The minimum absolute atomic E-state index is 0.220. The zero-order chi connectivity index (χ0) is 15.8. The van der Waals surface area contributed by atoms with E-state index >= 15 is 0 Å². The molecule has 2 aromatic carbocycles. The third-order valence-electron chi connectivity index (χ3n) is 3.92. The number of hydrogen-bond donors (Lipinski definition) is 0. The van der Waals surface area contributed by atoms with E-state index in [4.69, 9.17) is 0 Å². The fraction of sp³-hybridized carbons (Fsp3) is 0.350. The predicted molar refractivity (Wildman–Crippen MR) is 89.5 cm³/mol. The molecule has 0 unspecified atom stereocenters. The zero-order valence-corrected chi connectivity index (χ0v) is 13.1. The number of aldehydes is 1. The van der Waals surface area contributed by atoms with Gasteiger partial charge in [0, 0.05) is 12.0 Å². The molecule has 0 bridgehead atoms. The lowest BCUT2D eigenvalue weighted by atomic mass is 9.99. The van der Waals surface area contributed by atoms with E-state index < -0.39 is 0 Å². The van der Waals surface area contributed by atoms with Crippen LogP contribution in [-0.4, -0.2) is 6.29 Å². The van der Waals surface area contributed by atoms with E-state index in [9.17, 15) is 9.18 Å². The molecule has 2 aromatic rings. The minimum Gasteiger partial charge on any atom is -0.303 e. The summed E-state index contributed by atoms with van der Waals surface area (Å²) in [4.78, 5) is 10.4. The Morgan fingerprint density at radius 2 is 1.68 bits per heavy atom. The molecule has 0 spiro atoms. The van der Waals surface area contributed by atoms with Crippen LogP contribution >= 0.6 is 0 Å². The van der Waals surface area contributed by atoms with Gasteiger partial charge in [0.05, 0.1) is 0 Å². The van der Waals surface area contributed by atoms with Gasteiger partial charge in [-0.15, -0.1) is 0 Å². The normalized spacial score (nSPS) is 10.6. The number of hydrogen-bond acceptors (Lipinski definition) is 1. The summed E-state index contributed by atoms with van der Waals surface area (Å²) in [6.07, 6.45) is 6.65. The van der Waals surface area contributed by atoms with E-state index in [2.05, 4.69) is 19.1 Å². The second-order valence-corrected chi connectivity index (χ2v) is 5.67. The van der Waals surface area contributed by atoms with Gasteiger partial charge in [-0.3, -0.25) is 0 Å². The Kier molecular flexibility index (Phi) is 6.32. The van der Waals surface area contributed by atoms with E-state index in [1.165, 1.54) is 30.9 Å². The van der Waals surface area contributed by atoms with Gasteiger partial charge in [0.1, 0.15) is 12.1 Å². The smallest absolute Gasteiger partial charge is 0.131 e. The van der Waals surface area contributed by atoms with Crippen LogP contribution < -0.4 is 0 Å². The van der Waals surface area contributed by atoms with Gasteiger partial charge >= 0.3 is 0 Å². The molecule has 0 fully saturated rings. The van der Waals surface area contributed by atoms with Gasteiger partial charge in [0.15, 0.2) is 0 Å². The average Bonchev–Trinajstić information content (AvgIpc) is 2.54. The monoisotopic (exact) mass is 298 g/mol. The summed E-state index contributed by atoms with van der Waals surface area (Å²) in [5.41, 5.74) is 3.69. The van der Waals surface area contributed by atoms with E-state index in [0.29, 0.717) is 18.4 Å². The fourth-order valence-corrected chi connectivity index (χ4v) is 2.60. The Balaban J connectivity index is 2.09. The van der Waals surface area contributed by atoms with Crippen LogP contribution in [0.5, 0.6) is 0 Å². The van der Waals surface area contributed by atoms with Crippen molar-refractivity contribution in [3.63, 3.8) is 0 Å². The summed E-state index contributed by atoms with van der Waals surface area (Å²) in [7, 11) is 0. The quantitative estimate of drug-likeness (QED) is 0.474. The van der Waals surface area contributed by atoms with Crippen molar-refractivity contribution < 1.29 is 9.18 Å². The molecule has 0 saturated heterocycles. The molecular weight excluding hydrogens is 275 g/mol. The largest absolute Gasteiger partial charge is 0.303 e. The number of halogens is 1. The Bertz CT molecular complexity index is 602. The van der Waals surface area contributed by atoms with Crippen molar-refractivity contribution in [2.75, 3.05) is 0 Å². The van der Waals surface area contributed by atoms with Gasteiger partial charge in [-0.05, 0) is 42.0 Å². The van der Waals surface area contributed by atoms with Crippen LogP contribution in [0.3, 0.4) is 0 Å². The van der Waals surface area contributed by atoms with Gasteiger partial charge in [0.2, 0.25) is 0 Å². The molecule has 116 valence electrons. The standard InChI is InChI=1S/C20H23FO/c1-2-3-4-6-16-8-11-18(12-9-16)19-13-10-17(7-5-14-22)15-20(19)21/h8-15H,2-7H2,1H3. The van der Waals surface area contributed by atoms with Gasteiger partial charge in [-0.25, -0.2) is 4.39 Å². The van der Waals surface area contributed by atoms with E-state index in [1.54, 1.807) is 0 Å². The van der Waals surface area contributed by atoms with Crippen molar-refractivity contribution >= 4 is 6.29 Å². The van der Waals surface area contributed by atoms with Crippen molar-refractivity contribution in [2.24, 2.45) is 0 Å². The summed E-state index contributed by atoms with van der Waals surface area (Å²) < 4.78 is 14.2. The molecule has 1 nitrogen and oxygen atoms in total. The molecular formula is C20H23FO. The molecule has 22 heavy (non-hydrogen) atoms. The second kappa shape index (κ2) is 8.47. The van der Waals surface area contributed by atoms with Crippen LogP contribution in [0.1, 0.15) is 43.7 Å².